The number of esters is 2. The van der Waals surface area contributed by atoms with Gasteiger partial charge in [0.25, 0.3) is 0 Å². The Hall–Kier alpha value is -4.27. The van der Waals surface area contributed by atoms with E-state index in [1.165, 1.54) is 18.2 Å². The Balaban J connectivity index is 1.38. The summed E-state index contributed by atoms with van der Waals surface area (Å²) < 4.78 is 32.2. The van der Waals surface area contributed by atoms with E-state index in [4.69, 9.17) is 28.4 Å². The van der Waals surface area contributed by atoms with E-state index >= 15 is 0 Å². The van der Waals surface area contributed by atoms with Crippen LogP contribution in [0.4, 0.5) is 0 Å². The summed E-state index contributed by atoms with van der Waals surface area (Å²) in [7, 11) is 0. The van der Waals surface area contributed by atoms with Crippen molar-refractivity contribution < 1.29 is 38.0 Å². The molecular formula is C27H29NO8. The van der Waals surface area contributed by atoms with Gasteiger partial charge < -0.3 is 28.4 Å². The number of carbonyl (C=O) groups excluding carboxylic acids is 2. The highest BCUT2D eigenvalue weighted by molar-refractivity contribution is 5.91. The maximum atomic E-state index is 12.3. The number of aromatic nitrogens is 1. The number of rotatable bonds is 14. The molecule has 1 heterocycles. The summed E-state index contributed by atoms with van der Waals surface area (Å²) in [6.45, 7) is 5.35. The highest BCUT2D eigenvalue weighted by Crippen LogP contribution is 2.18. The molecule has 9 nitrogen and oxygen atoms in total. The molecule has 0 amide bonds. The van der Waals surface area contributed by atoms with Crippen molar-refractivity contribution in [1.29, 1.82) is 0 Å². The van der Waals surface area contributed by atoms with Crippen molar-refractivity contribution in [3.63, 3.8) is 0 Å². The fraction of sp³-hybridized carbons (Fsp3) is 0.296. The number of hydrogen-bond acceptors (Lipinski definition) is 9. The summed E-state index contributed by atoms with van der Waals surface area (Å²) >= 11 is 0. The second-order valence-corrected chi connectivity index (χ2v) is 7.19. The van der Waals surface area contributed by atoms with Gasteiger partial charge in [0, 0.05) is 0 Å². The molecule has 0 N–H and O–H groups in total. The average molecular weight is 496 g/mol. The third-order valence-corrected chi connectivity index (χ3v) is 4.61. The summed E-state index contributed by atoms with van der Waals surface area (Å²) in [6, 6.07) is 18.7. The van der Waals surface area contributed by atoms with E-state index in [1.807, 2.05) is 13.8 Å². The van der Waals surface area contributed by atoms with Gasteiger partial charge in [0.2, 0.25) is 0 Å². The lowest BCUT2D eigenvalue weighted by Crippen LogP contribution is -2.17. The first kappa shape index (κ1) is 26.3. The summed E-state index contributed by atoms with van der Waals surface area (Å²) in [4.78, 5) is 28.6. The first-order chi connectivity index (χ1) is 17.6. The number of nitrogens with zero attached hydrogens (tertiary/aromatic N) is 1. The predicted octanol–water partition coefficient (Wildman–Crippen LogP) is 4.35. The topological polar surface area (TPSA) is 102 Å². The summed E-state index contributed by atoms with van der Waals surface area (Å²) in [5.74, 6) is 1.42. The fourth-order valence-electron chi connectivity index (χ4n) is 3.00. The lowest BCUT2D eigenvalue weighted by atomic mass is 10.3. The first-order valence-corrected chi connectivity index (χ1v) is 11.6. The van der Waals surface area contributed by atoms with Crippen molar-refractivity contribution in [2.24, 2.45) is 0 Å². The van der Waals surface area contributed by atoms with Crippen molar-refractivity contribution in [2.75, 3.05) is 39.6 Å². The summed E-state index contributed by atoms with van der Waals surface area (Å²) in [5.41, 5.74) is -0.00712. The van der Waals surface area contributed by atoms with Gasteiger partial charge in [-0.1, -0.05) is 6.07 Å². The van der Waals surface area contributed by atoms with Crippen molar-refractivity contribution >= 4 is 11.9 Å². The van der Waals surface area contributed by atoms with E-state index in [0.29, 0.717) is 24.7 Å². The van der Waals surface area contributed by atoms with Gasteiger partial charge in [-0.15, -0.1) is 0 Å². The molecule has 3 rings (SSSR count). The molecule has 36 heavy (non-hydrogen) atoms. The number of benzene rings is 2. The Morgan fingerprint density at radius 3 is 1.28 bits per heavy atom. The van der Waals surface area contributed by atoms with Crippen molar-refractivity contribution in [3.8, 4) is 23.0 Å². The lowest BCUT2D eigenvalue weighted by Gasteiger charge is -2.09. The second-order valence-electron chi connectivity index (χ2n) is 7.19. The van der Waals surface area contributed by atoms with E-state index in [1.54, 1.807) is 48.5 Å². The Morgan fingerprint density at radius 1 is 0.556 bits per heavy atom. The molecule has 0 fully saturated rings. The largest absolute Gasteiger partial charge is 0.494 e. The van der Waals surface area contributed by atoms with Crippen LogP contribution in [-0.2, 0) is 9.47 Å². The lowest BCUT2D eigenvalue weighted by molar-refractivity contribution is 0.0434. The molecule has 0 aliphatic carbocycles. The minimum absolute atomic E-state index is 0.00356. The second kappa shape index (κ2) is 14.2. The Morgan fingerprint density at radius 2 is 0.917 bits per heavy atom. The molecule has 0 radical (unpaired) electrons. The Labute approximate surface area is 209 Å². The maximum absolute atomic E-state index is 12.3. The number of pyridine rings is 1. The Kier molecular flexibility index (Phi) is 10.4. The monoisotopic (exact) mass is 495 g/mol. The highest BCUT2D eigenvalue weighted by atomic mass is 16.6. The molecule has 0 unspecified atom stereocenters. The average Bonchev–Trinajstić information content (AvgIpc) is 2.91. The van der Waals surface area contributed by atoms with Gasteiger partial charge in [-0.05, 0) is 74.5 Å². The molecule has 3 aromatic rings. The quantitative estimate of drug-likeness (QED) is 0.238. The van der Waals surface area contributed by atoms with E-state index < -0.39 is 11.9 Å². The van der Waals surface area contributed by atoms with Crippen LogP contribution in [0.25, 0.3) is 0 Å². The molecule has 0 aliphatic heterocycles. The molecule has 0 atom stereocenters. The number of carbonyl (C=O) groups is 2. The molecule has 0 saturated carbocycles. The number of ether oxygens (including phenoxy) is 6. The molecule has 0 aliphatic rings. The molecular weight excluding hydrogens is 466 g/mol. The van der Waals surface area contributed by atoms with Crippen LogP contribution in [0.1, 0.15) is 34.8 Å². The minimum atomic E-state index is -0.668. The van der Waals surface area contributed by atoms with Crippen molar-refractivity contribution in [2.45, 2.75) is 13.8 Å². The van der Waals surface area contributed by atoms with Crippen LogP contribution in [0, 0.1) is 0 Å². The van der Waals surface area contributed by atoms with Crippen LogP contribution in [-0.4, -0.2) is 56.6 Å². The van der Waals surface area contributed by atoms with Gasteiger partial charge in [0.1, 0.15) is 60.8 Å². The number of hydrogen-bond donors (Lipinski definition) is 0. The van der Waals surface area contributed by atoms with Crippen LogP contribution < -0.4 is 18.9 Å². The van der Waals surface area contributed by atoms with E-state index in [0.717, 1.165) is 11.5 Å². The summed E-state index contributed by atoms with van der Waals surface area (Å²) in [6.07, 6.45) is 0. The third kappa shape index (κ3) is 8.50. The van der Waals surface area contributed by atoms with Gasteiger partial charge in [-0.25, -0.2) is 14.6 Å². The smallest absolute Gasteiger partial charge is 0.357 e. The van der Waals surface area contributed by atoms with E-state index in [-0.39, 0.29) is 37.8 Å². The molecule has 2 aromatic carbocycles. The highest BCUT2D eigenvalue weighted by Gasteiger charge is 2.14. The Bertz CT molecular complexity index is 1010. The van der Waals surface area contributed by atoms with Crippen LogP contribution in [0.15, 0.2) is 66.7 Å². The van der Waals surface area contributed by atoms with Crippen molar-refractivity contribution in [3.05, 3.63) is 78.1 Å². The zero-order chi connectivity index (χ0) is 25.6. The molecule has 1 aromatic heterocycles. The molecule has 0 spiro atoms. The summed E-state index contributed by atoms with van der Waals surface area (Å²) in [5, 5.41) is 0. The van der Waals surface area contributed by atoms with Crippen molar-refractivity contribution in [1.82, 2.24) is 4.98 Å². The zero-order valence-corrected chi connectivity index (χ0v) is 20.3. The van der Waals surface area contributed by atoms with Gasteiger partial charge >= 0.3 is 11.9 Å². The molecule has 9 heteroatoms. The van der Waals surface area contributed by atoms with Crippen LogP contribution in [0.2, 0.25) is 0 Å². The first-order valence-electron chi connectivity index (χ1n) is 11.6. The van der Waals surface area contributed by atoms with Crippen LogP contribution in [0.5, 0.6) is 23.0 Å². The van der Waals surface area contributed by atoms with Gasteiger partial charge in [0.15, 0.2) is 0 Å². The normalized spacial score (nSPS) is 10.3. The molecule has 190 valence electrons. The fourth-order valence-corrected chi connectivity index (χ4v) is 3.00. The van der Waals surface area contributed by atoms with E-state index in [9.17, 15) is 9.59 Å². The van der Waals surface area contributed by atoms with Gasteiger partial charge in [-0.3, -0.25) is 0 Å². The maximum Gasteiger partial charge on any atom is 0.357 e. The van der Waals surface area contributed by atoms with Crippen LogP contribution in [0.3, 0.4) is 0 Å². The minimum Gasteiger partial charge on any atom is -0.494 e. The van der Waals surface area contributed by atoms with Gasteiger partial charge in [0.05, 0.1) is 13.2 Å². The zero-order valence-electron chi connectivity index (χ0n) is 20.3. The van der Waals surface area contributed by atoms with E-state index in [2.05, 4.69) is 4.98 Å². The predicted molar refractivity (Wildman–Crippen MR) is 131 cm³/mol. The molecule has 0 bridgehead atoms. The van der Waals surface area contributed by atoms with Crippen LogP contribution >= 0.6 is 0 Å². The molecule has 0 saturated heterocycles. The standard InChI is InChI=1S/C27H29NO8/c1-3-31-20-8-12-22(13-9-20)33-16-18-35-26(29)24-6-5-7-25(28-24)27(30)36-19-17-34-23-14-10-21(11-15-23)32-4-2/h5-15H,3-4,16-19H2,1-2H3. The SMILES string of the molecule is CCOc1ccc(OCCOC(=O)c2cccc(C(=O)OCCOc3ccc(OCC)cc3)n2)cc1. The third-order valence-electron chi connectivity index (χ3n) is 4.61. The van der Waals surface area contributed by atoms with Gasteiger partial charge in [-0.2, -0.15) is 0 Å².